The smallest absolute Gasteiger partial charge is 0.408 e. The third-order valence-corrected chi connectivity index (χ3v) is 7.10. The number of ketones is 1. The highest BCUT2D eigenvalue weighted by atomic mass is 16.5. The molecule has 2 amide bonds. The zero-order valence-electron chi connectivity index (χ0n) is 24.8. The molecule has 0 radical (unpaired) electrons. The average Bonchev–Trinajstić information content (AvgIpc) is 3.10. The first kappa shape index (κ1) is 32.1. The largest absolute Gasteiger partial charge is 0.445 e. The highest BCUT2D eigenvalue weighted by Gasteiger charge is 2.30. The third-order valence-electron chi connectivity index (χ3n) is 7.10. The number of para-hydroxylation sites is 1. The molecule has 2 aromatic rings. The number of aliphatic hydroxyl groups is 1. The molecule has 9 heteroatoms. The Labute approximate surface area is 244 Å². The molecular formula is C32H46N4O5. The van der Waals surface area contributed by atoms with Crippen molar-refractivity contribution in [2.75, 3.05) is 37.7 Å². The van der Waals surface area contributed by atoms with Crippen LogP contribution in [0.1, 0.15) is 51.7 Å². The standard InChI is InChI=1S/C32H46N4O5/c1-23(2)18-27(30(38)21-35-14-15-36(16-17-37)29-13-9-8-12-26(29)20-35)33-31(39)28(19-24(3)4)34-32(40)41-22-25-10-6-5-7-11-25/h5-13,23-24,27-28,37H,14-22H2,1-4H3,(H,33,39)(H,34,40)/t27?,28-/m0/s1. The maximum Gasteiger partial charge on any atom is 0.408 e. The van der Waals surface area contributed by atoms with Gasteiger partial charge in [0.2, 0.25) is 5.91 Å². The maximum atomic E-state index is 13.6. The van der Waals surface area contributed by atoms with Crippen LogP contribution in [0.2, 0.25) is 0 Å². The zero-order valence-corrected chi connectivity index (χ0v) is 24.8. The van der Waals surface area contributed by atoms with E-state index in [1.807, 2.05) is 76.2 Å². The lowest BCUT2D eigenvalue weighted by Gasteiger charge is -2.27. The van der Waals surface area contributed by atoms with Crippen LogP contribution in [0.5, 0.6) is 0 Å². The van der Waals surface area contributed by atoms with Crippen molar-refractivity contribution < 1.29 is 24.2 Å². The number of nitrogens with zero attached hydrogens (tertiary/aromatic N) is 2. The number of anilines is 1. The molecule has 0 saturated carbocycles. The summed E-state index contributed by atoms with van der Waals surface area (Å²) in [6.45, 7) is 10.8. The summed E-state index contributed by atoms with van der Waals surface area (Å²) in [5.41, 5.74) is 3.03. The first-order chi connectivity index (χ1) is 19.7. The van der Waals surface area contributed by atoms with Gasteiger partial charge in [0, 0.05) is 31.9 Å². The molecule has 1 aliphatic heterocycles. The van der Waals surface area contributed by atoms with E-state index < -0.39 is 18.2 Å². The fourth-order valence-corrected chi connectivity index (χ4v) is 5.10. The lowest BCUT2D eigenvalue weighted by atomic mass is 9.98. The van der Waals surface area contributed by atoms with Crippen LogP contribution >= 0.6 is 0 Å². The Morgan fingerprint density at radius 2 is 1.54 bits per heavy atom. The molecule has 0 aliphatic carbocycles. The van der Waals surface area contributed by atoms with Crippen LogP contribution in [0.15, 0.2) is 54.6 Å². The van der Waals surface area contributed by atoms with Crippen molar-refractivity contribution in [3.05, 3.63) is 65.7 Å². The fourth-order valence-electron chi connectivity index (χ4n) is 5.10. The van der Waals surface area contributed by atoms with Gasteiger partial charge < -0.3 is 25.4 Å². The van der Waals surface area contributed by atoms with Gasteiger partial charge in [-0.15, -0.1) is 0 Å². The van der Waals surface area contributed by atoms with E-state index >= 15 is 0 Å². The molecule has 2 aromatic carbocycles. The Morgan fingerprint density at radius 1 is 0.878 bits per heavy atom. The topological polar surface area (TPSA) is 111 Å². The predicted molar refractivity (Wildman–Crippen MR) is 160 cm³/mol. The number of rotatable bonds is 14. The molecule has 1 heterocycles. The quantitative estimate of drug-likeness (QED) is 0.320. The summed E-state index contributed by atoms with van der Waals surface area (Å²) in [7, 11) is 0. The normalized spacial score (nSPS) is 15.1. The van der Waals surface area contributed by atoms with Crippen LogP contribution in [0.4, 0.5) is 10.5 Å². The fraction of sp³-hybridized carbons (Fsp3) is 0.531. The first-order valence-corrected chi connectivity index (χ1v) is 14.6. The summed E-state index contributed by atoms with van der Waals surface area (Å²) in [5, 5.41) is 15.2. The van der Waals surface area contributed by atoms with Gasteiger partial charge in [-0.3, -0.25) is 14.5 Å². The van der Waals surface area contributed by atoms with Gasteiger partial charge in [-0.2, -0.15) is 0 Å². The van der Waals surface area contributed by atoms with E-state index in [1.165, 1.54) is 0 Å². The number of alkyl carbamates (subject to hydrolysis) is 1. The van der Waals surface area contributed by atoms with Crippen LogP contribution in [0, 0.1) is 11.8 Å². The Balaban J connectivity index is 1.65. The summed E-state index contributed by atoms with van der Waals surface area (Å²) < 4.78 is 5.35. The summed E-state index contributed by atoms with van der Waals surface area (Å²) in [6.07, 6.45) is 0.244. The van der Waals surface area contributed by atoms with Crippen molar-refractivity contribution in [2.24, 2.45) is 11.8 Å². The van der Waals surface area contributed by atoms with Crippen LogP contribution in [-0.2, 0) is 27.5 Å². The number of nitrogens with one attached hydrogen (secondary N) is 2. The maximum absolute atomic E-state index is 13.6. The van der Waals surface area contributed by atoms with Gasteiger partial charge in [0.25, 0.3) is 0 Å². The van der Waals surface area contributed by atoms with Crippen LogP contribution in [0.3, 0.4) is 0 Å². The molecular weight excluding hydrogens is 520 g/mol. The van der Waals surface area contributed by atoms with Crippen molar-refractivity contribution >= 4 is 23.5 Å². The van der Waals surface area contributed by atoms with Crippen molar-refractivity contribution in [3.63, 3.8) is 0 Å². The molecule has 0 spiro atoms. The van der Waals surface area contributed by atoms with Gasteiger partial charge in [-0.1, -0.05) is 76.2 Å². The van der Waals surface area contributed by atoms with Gasteiger partial charge in [0.05, 0.1) is 19.2 Å². The number of ether oxygens (including phenoxy) is 1. The number of β-amino-alcohol motifs (C(OH)–C–C–N with tert-alkyl or cyclic N) is 1. The van der Waals surface area contributed by atoms with Crippen molar-refractivity contribution in [3.8, 4) is 0 Å². The summed E-state index contributed by atoms with van der Waals surface area (Å²) in [4.78, 5) is 43.9. The predicted octanol–water partition coefficient (Wildman–Crippen LogP) is 3.74. The lowest BCUT2D eigenvalue weighted by Crippen LogP contribution is -2.53. The molecule has 3 N–H and O–H groups in total. The number of fused-ring (bicyclic) bond motifs is 1. The van der Waals surface area contributed by atoms with Gasteiger partial charge >= 0.3 is 6.09 Å². The van der Waals surface area contributed by atoms with Crippen LogP contribution < -0.4 is 15.5 Å². The molecule has 0 bridgehead atoms. The number of carbonyl (C=O) groups excluding carboxylic acids is 3. The molecule has 2 atom stereocenters. The van der Waals surface area contributed by atoms with E-state index in [0.717, 1.165) is 16.8 Å². The molecule has 0 aromatic heterocycles. The summed E-state index contributed by atoms with van der Waals surface area (Å²) >= 11 is 0. The molecule has 1 unspecified atom stereocenters. The number of amides is 2. The third kappa shape index (κ3) is 10.5. The van der Waals surface area contributed by atoms with Gasteiger partial charge in [-0.05, 0) is 41.9 Å². The molecule has 0 fully saturated rings. The molecule has 9 nitrogen and oxygen atoms in total. The number of carbonyl (C=O) groups is 3. The molecule has 3 rings (SSSR count). The number of hydrogen-bond donors (Lipinski definition) is 3. The SMILES string of the molecule is CC(C)CC(NC(=O)[C@H](CC(C)C)NC(=O)OCc1ccccc1)C(=O)CN1CCN(CCO)c2ccccc2C1. The zero-order chi connectivity index (χ0) is 29.8. The van der Waals surface area contributed by atoms with E-state index in [2.05, 4.69) is 26.5 Å². The number of hydrogen-bond acceptors (Lipinski definition) is 7. The minimum absolute atomic E-state index is 0.0567. The van der Waals surface area contributed by atoms with Crippen LogP contribution in [-0.4, -0.2) is 72.7 Å². The Morgan fingerprint density at radius 3 is 2.22 bits per heavy atom. The number of aliphatic hydroxyl groups excluding tert-OH is 1. The van der Waals surface area contributed by atoms with Crippen LogP contribution in [0.25, 0.3) is 0 Å². The van der Waals surface area contributed by atoms with Crippen molar-refractivity contribution in [1.29, 1.82) is 0 Å². The minimum atomic E-state index is -0.821. The molecule has 1 aliphatic rings. The first-order valence-electron chi connectivity index (χ1n) is 14.6. The van der Waals surface area contributed by atoms with Gasteiger partial charge in [0.15, 0.2) is 5.78 Å². The average molecular weight is 567 g/mol. The number of benzene rings is 2. The highest BCUT2D eigenvalue weighted by molar-refractivity contribution is 5.93. The summed E-state index contributed by atoms with van der Waals surface area (Å²) in [6, 6.07) is 15.9. The van der Waals surface area contributed by atoms with E-state index in [0.29, 0.717) is 39.0 Å². The van der Waals surface area contributed by atoms with E-state index in [9.17, 15) is 19.5 Å². The van der Waals surface area contributed by atoms with Crippen molar-refractivity contribution in [2.45, 2.75) is 65.8 Å². The van der Waals surface area contributed by atoms with E-state index in [4.69, 9.17) is 4.74 Å². The monoisotopic (exact) mass is 566 g/mol. The van der Waals surface area contributed by atoms with Gasteiger partial charge in [0.1, 0.15) is 12.6 Å². The Hall–Kier alpha value is -3.43. The van der Waals surface area contributed by atoms with E-state index in [-0.39, 0.29) is 43.3 Å². The molecule has 0 saturated heterocycles. The Kier molecular flexibility index (Phi) is 12.6. The van der Waals surface area contributed by atoms with E-state index in [1.54, 1.807) is 0 Å². The van der Waals surface area contributed by atoms with Crippen molar-refractivity contribution in [1.82, 2.24) is 15.5 Å². The van der Waals surface area contributed by atoms with Gasteiger partial charge in [-0.25, -0.2) is 4.79 Å². The second-order valence-corrected chi connectivity index (χ2v) is 11.6. The highest BCUT2D eigenvalue weighted by Crippen LogP contribution is 2.25. The molecule has 224 valence electrons. The minimum Gasteiger partial charge on any atom is -0.445 e. The second-order valence-electron chi connectivity index (χ2n) is 11.6. The number of Topliss-reactive ketones (excluding diaryl/α,β-unsaturated/α-hetero) is 1. The second kappa shape index (κ2) is 16.1. The lowest BCUT2D eigenvalue weighted by molar-refractivity contribution is -0.130. The Bertz CT molecular complexity index is 1120. The molecule has 41 heavy (non-hydrogen) atoms. The summed E-state index contributed by atoms with van der Waals surface area (Å²) in [5.74, 6) is -0.125.